The van der Waals surface area contributed by atoms with Crippen LogP contribution in [-0.2, 0) is 9.47 Å². The third-order valence-corrected chi connectivity index (χ3v) is 2.40. The van der Waals surface area contributed by atoms with Gasteiger partial charge in [0.2, 0.25) is 0 Å². The third kappa shape index (κ3) is 2.35. The maximum atomic E-state index is 9.42. The van der Waals surface area contributed by atoms with E-state index in [2.05, 4.69) is 0 Å². The smallest absolute Gasteiger partial charge is 0.184 e. The van der Waals surface area contributed by atoms with Gasteiger partial charge in [0.05, 0.1) is 13.2 Å². The van der Waals surface area contributed by atoms with Crippen molar-refractivity contribution in [1.29, 1.82) is 0 Å². The molecule has 4 heteroatoms. The molecule has 2 N–H and O–H groups in total. The summed E-state index contributed by atoms with van der Waals surface area (Å²) in [5.74, 6) is 0. The molecule has 82 valence electrons. The SMILES string of the molecule is OCC1O[C@H](c2ccccc2)OC[C@H]1O. The highest BCUT2D eigenvalue weighted by atomic mass is 16.7. The Morgan fingerprint density at radius 3 is 2.67 bits per heavy atom. The normalized spacial score (nSPS) is 31.5. The quantitative estimate of drug-likeness (QED) is 0.744. The van der Waals surface area contributed by atoms with E-state index in [0.717, 1.165) is 5.56 Å². The van der Waals surface area contributed by atoms with Crippen molar-refractivity contribution in [2.75, 3.05) is 13.2 Å². The molecule has 1 aliphatic heterocycles. The maximum Gasteiger partial charge on any atom is 0.184 e. The van der Waals surface area contributed by atoms with Gasteiger partial charge in [0.25, 0.3) is 0 Å². The first-order chi connectivity index (χ1) is 7.31. The van der Waals surface area contributed by atoms with Crippen LogP contribution < -0.4 is 0 Å². The fourth-order valence-corrected chi connectivity index (χ4v) is 1.53. The van der Waals surface area contributed by atoms with Crippen molar-refractivity contribution in [3.8, 4) is 0 Å². The molecular weight excluding hydrogens is 196 g/mol. The van der Waals surface area contributed by atoms with E-state index in [0.29, 0.717) is 0 Å². The maximum absolute atomic E-state index is 9.42. The predicted octanol–water partition coefficient (Wildman–Crippen LogP) is 0.454. The highest BCUT2D eigenvalue weighted by Gasteiger charge is 2.30. The van der Waals surface area contributed by atoms with E-state index >= 15 is 0 Å². The number of rotatable bonds is 2. The lowest BCUT2D eigenvalue weighted by Gasteiger charge is -2.33. The van der Waals surface area contributed by atoms with Gasteiger partial charge in [-0.25, -0.2) is 0 Å². The van der Waals surface area contributed by atoms with E-state index in [1.54, 1.807) is 0 Å². The number of hydrogen-bond donors (Lipinski definition) is 2. The van der Waals surface area contributed by atoms with E-state index in [9.17, 15) is 5.11 Å². The van der Waals surface area contributed by atoms with Crippen LogP contribution in [0.15, 0.2) is 30.3 Å². The summed E-state index contributed by atoms with van der Waals surface area (Å²) in [7, 11) is 0. The molecular formula is C11H14O4. The first-order valence-corrected chi connectivity index (χ1v) is 4.92. The summed E-state index contributed by atoms with van der Waals surface area (Å²) < 4.78 is 10.7. The Kier molecular flexibility index (Phi) is 3.33. The van der Waals surface area contributed by atoms with Crippen molar-refractivity contribution in [2.45, 2.75) is 18.5 Å². The Bertz CT molecular complexity index is 301. The summed E-state index contributed by atoms with van der Waals surface area (Å²) in [4.78, 5) is 0. The fourth-order valence-electron chi connectivity index (χ4n) is 1.53. The van der Waals surface area contributed by atoms with Crippen LogP contribution in [-0.4, -0.2) is 35.6 Å². The van der Waals surface area contributed by atoms with E-state index in [4.69, 9.17) is 14.6 Å². The molecule has 2 rings (SSSR count). The van der Waals surface area contributed by atoms with Crippen molar-refractivity contribution in [3.05, 3.63) is 35.9 Å². The van der Waals surface area contributed by atoms with Crippen LogP contribution in [0.2, 0.25) is 0 Å². The molecule has 1 heterocycles. The van der Waals surface area contributed by atoms with Gasteiger partial charge >= 0.3 is 0 Å². The van der Waals surface area contributed by atoms with Gasteiger partial charge in [0.15, 0.2) is 6.29 Å². The minimum atomic E-state index is -0.755. The van der Waals surface area contributed by atoms with Crippen LogP contribution in [0.25, 0.3) is 0 Å². The topological polar surface area (TPSA) is 58.9 Å². The van der Waals surface area contributed by atoms with Crippen LogP contribution in [0.3, 0.4) is 0 Å². The Labute approximate surface area is 88.1 Å². The fraction of sp³-hybridized carbons (Fsp3) is 0.455. The monoisotopic (exact) mass is 210 g/mol. The summed E-state index contributed by atoms with van der Waals surface area (Å²) in [5.41, 5.74) is 0.892. The average Bonchev–Trinajstić information content (AvgIpc) is 2.31. The van der Waals surface area contributed by atoms with Crippen molar-refractivity contribution < 1.29 is 19.7 Å². The molecule has 3 atom stereocenters. The number of ether oxygens (including phenoxy) is 2. The van der Waals surface area contributed by atoms with Crippen molar-refractivity contribution >= 4 is 0 Å². The molecule has 0 saturated carbocycles. The zero-order valence-corrected chi connectivity index (χ0v) is 8.24. The molecule has 15 heavy (non-hydrogen) atoms. The molecule has 1 unspecified atom stereocenters. The lowest BCUT2D eigenvalue weighted by atomic mass is 10.1. The van der Waals surface area contributed by atoms with Crippen LogP contribution in [0.5, 0.6) is 0 Å². The molecule has 0 aromatic heterocycles. The molecule has 1 saturated heterocycles. The molecule has 0 radical (unpaired) electrons. The Morgan fingerprint density at radius 1 is 1.27 bits per heavy atom. The predicted molar refractivity (Wildman–Crippen MR) is 53.1 cm³/mol. The molecule has 1 aromatic carbocycles. The van der Waals surface area contributed by atoms with Crippen molar-refractivity contribution in [2.24, 2.45) is 0 Å². The minimum absolute atomic E-state index is 0.185. The molecule has 1 aliphatic rings. The molecule has 1 fully saturated rings. The minimum Gasteiger partial charge on any atom is -0.394 e. The molecule has 0 bridgehead atoms. The zero-order valence-electron chi connectivity index (χ0n) is 8.24. The van der Waals surface area contributed by atoms with Gasteiger partial charge in [0.1, 0.15) is 12.2 Å². The second-order valence-corrected chi connectivity index (χ2v) is 3.50. The van der Waals surface area contributed by atoms with Gasteiger partial charge in [-0.15, -0.1) is 0 Å². The molecule has 0 amide bonds. The van der Waals surface area contributed by atoms with Gasteiger partial charge in [-0.3, -0.25) is 0 Å². The highest BCUT2D eigenvalue weighted by Crippen LogP contribution is 2.25. The molecule has 1 aromatic rings. The summed E-state index contributed by atoms with van der Waals surface area (Å²) >= 11 is 0. The lowest BCUT2D eigenvalue weighted by Crippen LogP contribution is -2.42. The van der Waals surface area contributed by atoms with E-state index in [1.165, 1.54) is 0 Å². The van der Waals surface area contributed by atoms with Gasteiger partial charge in [-0.05, 0) is 0 Å². The highest BCUT2D eigenvalue weighted by molar-refractivity contribution is 5.16. The number of aliphatic hydroxyl groups is 2. The average molecular weight is 210 g/mol. The molecule has 4 nitrogen and oxygen atoms in total. The van der Waals surface area contributed by atoms with E-state index < -0.39 is 18.5 Å². The van der Waals surface area contributed by atoms with E-state index in [-0.39, 0.29) is 13.2 Å². The van der Waals surface area contributed by atoms with Crippen LogP contribution >= 0.6 is 0 Å². The standard InChI is InChI=1S/C11H14O4/c12-6-10-9(13)7-14-11(15-10)8-4-2-1-3-5-8/h1-5,9-13H,6-7H2/t9-,10?,11-/m1/s1. The Morgan fingerprint density at radius 2 is 2.00 bits per heavy atom. The van der Waals surface area contributed by atoms with Crippen LogP contribution in [0, 0.1) is 0 Å². The van der Waals surface area contributed by atoms with Gasteiger partial charge < -0.3 is 19.7 Å². The zero-order chi connectivity index (χ0) is 10.7. The summed E-state index contributed by atoms with van der Waals surface area (Å²) in [5, 5.41) is 18.4. The van der Waals surface area contributed by atoms with Gasteiger partial charge in [-0.2, -0.15) is 0 Å². The first-order valence-electron chi connectivity index (χ1n) is 4.92. The number of aliphatic hydroxyl groups excluding tert-OH is 2. The van der Waals surface area contributed by atoms with Gasteiger partial charge in [0, 0.05) is 5.56 Å². The lowest BCUT2D eigenvalue weighted by molar-refractivity contribution is -0.263. The third-order valence-electron chi connectivity index (χ3n) is 2.40. The second kappa shape index (κ2) is 4.72. The number of hydrogen-bond acceptors (Lipinski definition) is 4. The summed E-state index contributed by atoms with van der Waals surface area (Å²) in [6.45, 7) is -0.0152. The van der Waals surface area contributed by atoms with Gasteiger partial charge in [-0.1, -0.05) is 30.3 Å². The van der Waals surface area contributed by atoms with Crippen LogP contribution in [0.1, 0.15) is 11.9 Å². The summed E-state index contributed by atoms with van der Waals surface area (Å²) in [6, 6.07) is 9.46. The first kappa shape index (κ1) is 10.6. The summed E-state index contributed by atoms with van der Waals surface area (Å²) in [6.07, 6.45) is -1.81. The molecule has 0 aliphatic carbocycles. The van der Waals surface area contributed by atoms with E-state index in [1.807, 2.05) is 30.3 Å². The van der Waals surface area contributed by atoms with Crippen molar-refractivity contribution in [3.63, 3.8) is 0 Å². The second-order valence-electron chi connectivity index (χ2n) is 3.50. The Hall–Kier alpha value is -0.940. The number of benzene rings is 1. The largest absolute Gasteiger partial charge is 0.394 e. The van der Waals surface area contributed by atoms with Crippen molar-refractivity contribution in [1.82, 2.24) is 0 Å². The Balaban J connectivity index is 2.06. The molecule has 0 spiro atoms. The van der Waals surface area contributed by atoms with Crippen LogP contribution in [0.4, 0.5) is 0 Å².